The minimum atomic E-state index is -0.544. The highest BCUT2D eigenvalue weighted by molar-refractivity contribution is 6.31. The van der Waals surface area contributed by atoms with Crippen LogP contribution in [0.2, 0.25) is 5.02 Å². The first-order valence-corrected chi connectivity index (χ1v) is 5.44. The van der Waals surface area contributed by atoms with Gasteiger partial charge in [-0.05, 0) is 18.2 Å². The third-order valence-corrected chi connectivity index (χ3v) is 2.88. The van der Waals surface area contributed by atoms with Crippen LogP contribution in [0.15, 0.2) is 18.2 Å². The summed E-state index contributed by atoms with van der Waals surface area (Å²) in [5.74, 6) is -1.16. The van der Waals surface area contributed by atoms with Gasteiger partial charge >= 0.3 is 6.03 Å². The first-order valence-electron chi connectivity index (χ1n) is 5.06. The molecule has 0 saturated carbocycles. The lowest BCUT2D eigenvalue weighted by Gasteiger charge is -2.30. The van der Waals surface area contributed by atoms with E-state index in [0.29, 0.717) is 5.69 Å². The molecule has 17 heavy (non-hydrogen) atoms. The molecule has 90 valence electrons. The van der Waals surface area contributed by atoms with Gasteiger partial charge in [0.1, 0.15) is 5.82 Å². The van der Waals surface area contributed by atoms with Gasteiger partial charge < -0.3 is 0 Å². The summed E-state index contributed by atoms with van der Waals surface area (Å²) in [4.78, 5) is 24.2. The van der Waals surface area contributed by atoms with Gasteiger partial charge in [-0.15, -0.1) is 0 Å². The monoisotopic (exact) mass is 256 g/mol. The largest absolute Gasteiger partial charge is 0.328 e. The number of carbonyl (C=O) groups is 2. The van der Waals surface area contributed by atoms with E-state index in [9.17, 15) is 14.0 Å². The molecule has 1 aliphatic heterocycles. The highest BCUT2D eigenvalue weighted by Gasteiger charge is 2.30. The summed E-state index contributed by atoms with van der Waals surface area (Å²) in [6.07, 6.45) is 0. The first-order chi connectivity index (χ1) is 7.99. The van der Waals surface area contributed by atoms with Gasteiger partial charge in [0.25, 0.3) is 0 Å². The molecule has 6 heteroatoms. The molecule has 1 fully saturated rings. The van der Waals surface area contributed by atoms with Gasteiger partial charge in [0, 0.05) is 12.2 Å². The van der Waals surface area contributed by atoms with Crippen LogP contribution in [0.1, 0.15) is 6.92 Å². The average molecular weight is 257 g/mol. The zero-order chi connectivity index (χ0) is 12.6. The van der Waals surface area contributed by atoms with E-state index in [1.165, 1.54) is 23.1 Å². The minimum absolute atomic E-state index is 0.0557. The number of hydrogen-bond donors (Lipinski definition) is 1. The van der Waals surface area contributed by atoms with E-state index < -0.39 is 11.8 Å². The third kappa shape index (κ3) is 2.24. The van der Waals surface area contributed by atoms with E-state index in [-0.39, 0.29) is 23.4 Å². The van der Waals surface area contributed by atoms with Crippen molar-refractivity contribution in [2.45, 2.75) is 6.92 Å². The Balaban J connectivity index is 2.30. The molecular weight excluding hydrogens is 247 g/mol. The quantitative estimate of drug-likeness (QED) is 0.837. The number of anilines is 1. The molecule has 3 amide bonds. The van der Waals surface area contributed by atoms with E-state index in [1.807, 2.05) is 0 Å². The number of amides is 3. The Bertz CT molecular complexity index is 492. The second-order valence-electron chi connectivity index (χ2n) is 3.90. The van der Waals surface area contributed by atoms with Gasteiger partial charge in [-0.1, -0.05) is 18.5 Å². The second-order valence-corrected chi connectivity index (χ2v) is 4.31. The second kappa shape index (κ2) is 4.33. The van der Waals surface area contributed by atoms with Gasteiger partial charge in [-0.3, -0.25) is 15.0 Å². The zero-order valence-corrected chi connectivity index (χ0v) is 9.79. The fourth-order valence-electron chi connectivity index (χ4n) is 1.61. The minimum Gasteiger partial charge on any atom is -0.293 e. The van der Waals surface area contributed by atoms with Crippen molar-refractivity contribution >= 4 is 29.2 Å². The number of benzene rings is 1. The van der Waals surface area contributed by atoms with Crippen molar-refractivity contribution in [2.24, 2.45) is 5.92 Å². The highest BCUT2D eigenvalue weighted by atomic mass is 35.5. The Hall–Kier alpha value is -1.62. The summed E-state index contributed by atoms with van der Waals surface area (Å²) in [6, 6.07) is 3.48. The lowest BCUT2D eigenvalue weighted by Crippen LogP contribution is -2.53. The van der Waals surface area contributed by atoms with Crippen LogP contribution < -0.4 is 10.2 Å². The summed E-state index contributed by atoms with van der Waals surface area (Å²) in [7, 11) is 0. The predicted molar refractivity (Wildman–Crippen MR) is 61.5 cm³/mol. The zero-order valence-electron chi connectivity index (χ0n) is 9.04. The fourth-order valence-corrected chi connectivity index (χ4v) is 1.79. The number of nitrogens with zero attached hydrogens (tertiary/aromatic N) is 1. The topological polar surface area (TPSA) is 49.4 Å². The highest BCUT2D eigenvalue weighted by Crippen LogP contribution is 2.24. The Labute approximate surface area is 102 Å². The number of rotatable bonds is 1. The maximum atomic E-state index is 13.0. The van der Waals surface area contributed by atoms with Gasteiger partial charge in [0.05, 0.1) is 10.9 Å². The van der Waals surface area contributed by atoms with Crippen molar-refractivity contribution in [1.82, 2.24) is 5.32 Å². The van der Waals surface area contributed by atoms with Crippen molar-refractivity contribution in [3.05, 3.63) is 29.0 Å². The molecule has 0 aromatic heterocycles. The smallest absolute Gasteiger partial charge is 0.293 e. The van der Waals surface area contributed by atoms with E-state index in [2.05, 4.69) is 5.32 Å². The van der Waals surface area contributed by atoms with Gasteiger partial charge in [-0.2, -0.15) is 0 Å². The molecule has 0 aliphatic carbocycles. The van der Waals surface area contributed by atoms with Gasteiger partial charge in [0.15, 0.2) is 0 Å². The van der Waals surface area contributed by atoms with Crippen LogP contribution in [0.25, 0.3) is 0 Å². The number of carbonyl (C=O) groups excluding carboxylic acids is 2. The van der Waals surface area contributed by atoms with E-state index in [1.54, 1.807) is 6.92 Å². The van der Waals surface area contributed by atoms with Crippen LogP contribution in [0.5, 0.6) is 0 Å². The Morgan fingerprint density at radius 1 is 1.47 bits per heavy atom. The summed E-state index contributed by atoms with van der Waals surface area (Å²) in [5, 5.41) is 2.17. The van der Waals surface area contributed by atoms with Crippen LogP contribution in [0.3, 0.4) is 0 Å². The van der Waals surface area contributed by atoms with Crippen molar-refractivity contribution in [2.75, 3.05) is 11.4 Å². The van der Waals surface area contributed by atoms with Crippen molar-refractivity contribution in [1.29, 1.82) is 0 Å². The van der Waals surface area contributed by atoms with Crippen molar-refractivity contribution < 1.29 is 14.0 Å². The standard InChI is InChI=1S/C11H10ClFN2O2/c1-6-5-15(11(17)14-10(6)16)7-2-3-9(13)8(12)4-7/h2-4,6H,5H2,1H3,(H,14,16,17). The Morgan fingerprint density at radius 2 is 2.18 bits per heavy atom. The summed E-state index contributed by atoms with van der Waals surface area (Å²) in [6.45, 7) is 1.96. The SMILES string of the molecule is CC1CN(c2ccc(F)c(Cl)c2)C(=O)NC1=O. The molecular formula is C11H10ClFN2O2. The number of halogens is 2. The Kier molecular flexibility index (Phi) is 3.02. The normalized spacial score (nSPS) is 20.4. The van der Waals surface area contributed by atoms with Crippen LogP contribution in [-0.4, -0.2) is 18.5 Å². The van der Waals surface area contributed by atoms with Gasteiger partial charge in [-0.25, -0.2) is 9.18 Å². The van der Waals surface area contributed by atoms with Crippen LogP contribution >= 0.6 is 11.6 Å². The molecule has 0 spiro atoms. The van der Waals surface area contributed by atoms with Gasteiger partial charge in [0.2, 0.25) is 5.91 Å². The molecule has 1 unspecified atom stereocenters. The molecule has 1 aromatic rings. The molecule has 1 atom stereocenters. The van der Waals surface area contributed by atoms with Crippen LogP contribution in [0.4, 0.5) is 14.9 Å². The number of imide groups is 1. The van der Waals surface area contributed by atoms with Crippen LogP contribution in [-0.2, 0) is 4.79 Å². The van der Waals surface area contributed by atoms with Crippen molar-refractivity contribution in [3.8, 4) is 0 Å². The van der Waals surface area contributed by atoms with Crippen molar-refractivity contribution in [3.63, 3.8) is 0 Å². The number of nitrogens with one attached hydrogen (secondary N) is 1. The average Bonchev–Trinajstić information content (AvgIpc) is 2.27. The van der Waals surface area contributed by atoms with E-state index in [0.717, 1.165) is 0 Å². The number of urea groups is 1. The fraction of sp³-hybridized carbons (Fsp3) is 0.273. The molecule has 4 nitrogen and oxygen atoms in total. The lowest BCUT2D eigenvalue weighted by molar-refractivity contribution is -0.123. The predicted octanol–water partition coefficient (Wildman–Crippen LogP) is 2.17. The van der Waals surface area contributed by atoms with E-state index >= 15 is 0 Å². The molecule has 1 aliphatic rings. The maximum Gasteiger partial charge on any atom is 0.328 e. The summed E-state index contributed by atoms with van der Waals surface area (Å²) < 4.78 is 13.0. The molecule has 0 radical (unpaired) electrons. The molecule has 0 bridgehead atoms. The van der Waals surface area contributed by atoms with E-state index in [4.69, 9.17) is 11.6 Å². The third-order valence-electron chi connectivity index (χ3n) is 2.59. The maximum absolute atomic E-state index is 13.0. The molecule has 1 N–H and O–H groups in total. The molecule has 1 saturated heterocycles. The Morgan fingerprint density at radius 3 is 2.82 bits per heavy atom. The summed E-state index contributed by atoms with van der Waals surface area (Å²) in [5.41, 5.74) is 0.466. The number of hydrogen-bond acceptors (Lipinski definition) is 2. The molecule has 1 aromatic carbocycles. The first kappa shape index (κ1) is 11.9. The summed E-state index contributed by atoms with van der Waals surface area (Å²) >= 11 is 5.65. The molecule has 2 rings (SSSR count). The molecule has 1 heterocycles. The van der Waals surface area contributed by atoms with Crippen LogP contribution in [0, 0.1) is 11.7 Å². The lowest BCUT2D eigenvalue weighted by atomic mass is 10.1.